The Balaban J connectivity index is 1.46. The quantitative estimate of drug-likeness (QED) is 0.227. The highest BCUT2D eigenvalue weighted by molar-refractivity contribution is 9.12. The molecule has 1 fully saturated rings. The molecule has 15 heteroatoms. The van der Waals surface area contributed by atoms with Crippen molar-refractivity contribution >= 4 is 72.7 Å². The number of hydrogen-bond acceptors (Lipinski definition) is 8. The third-order valence-electron chi connectivity index (χ3n) is 8.63. The Morgan fingerprint density at radius 3 is 2.49 bits per heavy atom. The van der Waals surface area contributed by atoms with Crippen molar-refractivity contribution in [1.82, 2.24) is 9.99 Å². The summed E-state index contributed by atoms with van der Waals surface area (Å²) in [7, 11) is 2.58. The first-order chi connectivity index (χ1) is 21.1. The Morgan fingerprint density at radius 2 is 1.82 bits per heavy atom. The standard InChI is InChI=1S/C30H21Br2ClF3N3O6/c1-38(27-18(33)5-6-21(37-27)30(34,35)36)39-28(43)13-4-3-12-14(23(13)29(39)44)9-16-24(19(40)10-17(32)25(16)41)22(12)15-7-11(31)8-20(45-2)26(15)42/h3,5-8,10,13-14,22-23,42H,4,9H2,1-2H3. The highest BCUT2D eigenvalue weighted by Crippen LogP contribution is 2.57. The van der Waals surface area contributed by atoms with Gasteiger partial charge in [0.05, 0.1) is 28.5 Å². The lowest BCUT2D eigenvalue weighted by atomic mass is 9.59. The summed E-state index contributed by atoms with van der Waals surface area (Å²) < 4.78 is 46.2. The summed E-state index contributed by atoms with van der Waals surface area (Å²) in [6.07, 6.45) is -1.90. The minimum Gasteiger partial charge on any atom is -0.504 e. The molecule has 4 atom stereocenters. The van der Waals surface area contributed by atoms with Crippen LogP contribution in [0.1, 0.15) is 30.0 Å². The molecule has 0 spiro atoms. The number of aromatic nitrogens is 1. The summed E-state index contributed by atoms with van der Waals surface area (Å²) in [5.74, 6) is -6.62. The van der Waals surface area contributed by atoms with Crippen molar-refractivity contribution in [2.45, 2.75) is 24.9 Å². The monoisotopic (exact) mass is 769 g/mol. The first-order valence-electron chi connectivity index (χ1n) is 13.5. The molecule has 0 saturated carbocycles. The van der Waals surface area contributed by atoms with Gasteiger partial charge < -0.3 is 9.84 Å². The van der Waals surface area contributed by atoms with E-state index in [9.17, 15) is 37.5 Å². The zero-order chi connectivity index (χ0) is 32.7. The van der Waals surface area contributed by atoms with Gasteiger partial charge in [-0.05, 0) is 59.0 Å². The molecule has 1 aromatic carbocycles. The topological polar surface area (TPSA) is 117 Å². The number of aromatic hydroxyl groups is 1. The van der Waals surface area contributed by atoms with Gasteiger partial charge in [-0.15, -0.1) is 0 Å². The number of allylic oxidation sites excluding steroid dienone is 6. The van der Waals surface area contributed by atoms with Gasteiger partial charge in [0.1, 0.15) is 5.69 Å². The number of rotatable bonds is 4. The normalized spacial score (nSPS) is 24.7. The first kappa shape index (κ1) is 31.5. The number of carbonyl (C=O) groups is 4. The molecular weight excluding hydrogens is 751 g/mol. The van der Waals surface area contributed by atoms with E-state index in [4.69, 9.17) is 16.3 Å². The average molecular weight is 772 g/mol. The highest BCUT2D eigenvalue weighted by Gasteiger charge is 2.58. The summed E-state index contributed by atoms with van der Waals surface area (Å²) in [4.78, 5) is 58.4. The molecule has 0 bridgehead atoms. The fraction of sp³-hybridized carbons (Fsp3) is 0.300. The van der Waals surface area contributed by atoms with Gasteiger partial charge in [-0.2, -0.15) is 18.2 Å². The van der Waals surface area contributed by atoms with Gasteiger partial charge in [0.25, 0.3) is 11.8 Å². The molecule has 9 nitrogen and oxygen atoms in total. The van der Waals surface area contributed by atoms with Crippen LogP contribution in [-0.4, -0.2) is 52.6 Å². The third-order valence-corrected chi connectivity index (χ3v) is 9.97. The number of anilines is 1. The number of halogens is 6. The molecule has 2 amide bonds. The van der Waals surface area contributed by atoms with Crippen molar-refractivity contribution in [2.75, 3.05) is 19.2 Å². The van der Waals surface area contributed by atoms with Crippen LogP contribution in [-0.2, 0) is 25.4 Å². The molecule has 1 saturated heterocycles. The maximum absolute atomic E-state index is 14.1. The maximum Gasteiger partial charge on any atom is 0.433 e. The lowest BCUT2D eigenvalue weighted by molar-refractivity contribution is -0.141. The molecule has 3 aliphatic carbocycles. The van der Waals surface area contributed by atoms with Gasteiger partial charge in [0, 0.05) is 40.2 Å². The third kappa shape index (κ3) is 4.92. The van der Waals surface area contributed by atoms with Gasteiger partial charge in [0.2, 0.25) is 0 Å². The minimum absolute atomic E-state index is 0.0290. The second-order valence-electron chi connectivity index (χ2n) is 11.0. The fourth-order valence-corrected chi connectivity index (χ4v) is 7.85. The number of imide groups is 1. The van der Waals surface area contributed by atoms with E-state index in [0.29, 0.717) is 16.1 Å². The van der Waals surface area contributed by atoms with E-state index < -0.39 is 64.7 Å². The predicted molar refractivity (Wildman–Crippen MR) is 161 cm³/mol. The molecule has 4 unspecified atom stereocenters. The highest BCUT2D eigenvalue weighted by atomic mass is 79.9. The summed E-state index contributed by atoms with van der Waals surface area (Å²) in [6, 6.07) is 4.80. The number of phenols is 1. The largest absolute Gasteiger partial charge is 0.504 e. The van der Waals surface area contributed by atoms with E-state index in [1.807, 2.05) is 0 Å². The van der Waals surface area contributed by atoms with E-state index >= 15 is 0 Å². The SMILES string of the molecule is COc1cc(Br)cc(C2C3=CCC4C(=O)N(N(C)c5nc(C(F)(F)F)ccc5Cl)C(=O)C4C3CC3=C2C(=O)C=C(Br)C3=O)c1O. The molecule has 1 N–H and O–H groups in total. The number of ether oxygens (including phenoxy) is 1. The van der Waals surface area contributed by atoms with Gasteiger partial charge in [-0.3, -0.25) is 24.2 Å². The van der Waals surface area contributed by atoms with E-state index in [-0.39, 0.29) is 50.6 Å². The van der Waals surface area contributed by atoms with Crippen LogP contribution in [0.25, 0.3) is 0 Å². The molecule has 45 heavy (non-hydrogen) atoms. The number of alkyl halides is 3. The molecule has 1 aromatic heterocycles. The van der Waals surface area contributed by atoms with Crippen molar-refractivity contribution in [2.24, 2.45) is 17.8 Å². The number of amides is 2. The second kappa shape index (κ2) is 11.1. The van der Waals surface area contributed by atoms with Crippen molar-refractivity contribution in [3.05, 3.63) is 78.4 Å². The zero-order valence-electron chi connectivity index (χ0n) is 23.3. The van der Waals surface area contributed by atoms with Crippen LogP contribution in [0.15, 0.2) is 62.1 Å². The van der Waals surface area contributed by atoms with Crippen molar-refractivity contribution in [3.63, 3.8) is 0 Å². The first-order valence-corrected chi connectivity index (χ1v) is 15.4. The van der Waals surface area contributed by atoms with Crippen LogP contribution < -0.4 is 9.75 Å². The summed E-state index contributed by atoms with van der Waals surface area (Å²) >= 11 is 12.7. The number of Topliss-reactive ketones (excluding diaryl/α,β-unsaturated/α-hetero) is 1. The average Bonchev–Trinajstić information content (AvgIpc) is 3.24. The van der Waals surface area contributed by atoms with Crippen molar-refractivity contribution in [3.8, 4) is 11.5 Å². The summed E-state index contributed by atoms with van der Waals surface area (Å²) in [6.45, 7) is 0. The lowest BCUT2D eigenvalue weighted by Crippen LogP contribution is -2.46. The number of carbonyl (C=O) groups excluding carboxylic acids is 4. The van der Waals surface area contributed by atoms with E-state index in [1.54, 1.807) is 12.1 Å². The van der Waals surface area contributed by atoms with Gasteiger partial charge in [-0.25, -0.2) is 4.98 Å². The van der Waals surface area contributed by atoms with E-state index in [1.165, 1.54) is 26.3 Å². The van der Waals surface area contributed by atoms with Gasteiger partial charge in [-0.1, -0.05) is 39.2 Å². The Labute approximate surface area is 275 Å². The maximum atomic E-state index is 14.1. The summed E-state index contributed by atoms with van der Waals surface area (Å²) in [5, 5.41) is 12.7. The molecule has 234 valence electrons. The van der Waals surface area contributed by atoms with Crippen LogP contribution >= 0.6 is 43.5 Å². The minimum atomic E-state index is -4.80. The second-order valence-corrected chi connectivity index (χ2v) is 13.1. The van der Waals surface area contributed by atoms with Crippen LogP contribution in [0.2, 0.25) is 5.02 Å². The van der Waals surface area contributed by atoms with Crippen LogP contribution in [0.4, 0.5) is 19.0 Å². The Hall–Kier alpha value is -3.49. The van der Waals surface area contributed by atoms with Gasteiger partial charge >= 0.3 is 6.18 Å². The molecule has 2 aromatic rings. The lowest BCUT2D eigenvalue weighted by Gasteiger charge is -2.42. The summed E-state index contributed by atoms with van der Waals surface area (Å²) in [5.41, 5.74) is -0.173. The number of nitrogens with zero attached hydrogens (tertiary/aromatic N) is 3. The number of hydrazine groups is 1. The number of hydrogen-bond donors (Lipinski definition) is 1. The van der Waals surface area contributed by atoms with Crippen molar-refractivity contribution < 1.29 is 42.2 Å². The zero-order valence-corrected chi connectivity index (χ0v) is 27.2. The van der Waals surface area contributed by atoms with E-state index in [0.717, 1.165) is 16.1 Å². The molecular formula is C30H21Br2ClF3N3O6. The Morgan fingerprint density at radius 1 is 1.11 bits per heavy atom. The Kier molecular flexibility index (Phi) is 7.76. The van der Waals surface area contributed by atoms with Crippen LogP contribution in [0.5, 0.6) is 11.5 Å². The molecule has 0 radical (unpaired) electrons. The van der Waals surface area contributed by atoms with Gasteiger partial charge in [0.15, 0.2) is 28.9 Å². The van der Waals surface area contributed by atoms with Crippen molar-refractivity contribution in [1.29, 1.82) is 0 Å². The van der Waals surface area contributed by atoms with Crippen LogP contribution in [0.3, 0.4) is 0 Å². The number of methoxy groups -OCH3 is 1. The number of benzene rings is 1. The van der Waals surface area contributed by atoms with Crippen LogP contribution in [0, 0.1) is 17.8 Å². The predicted octanol–water partition coefficient (Wildman–Crippen LogP) is 6.04. The van der Waals surface area contributed by atoms with E-state index in [2.05, 4.69) is 36.8 Å². The smallest absolute Gasteiger partial charge is 0.433 e. The molecule has 6 rings (SSSR count). The number of fused-ring (bicyclic) bond motifs is 3. The molecule has 4 aliphatic rings. The number of ketones is 2. The fourth-order valence-electron chi connectivity index (χ4n) is 6.72. The molecule has 2 heterocycles. The Bertz CT molecular complexity index is 1820. The number of phenolic OH excluding ortho intramolecular Hbond substituents is 1. The number of pyridine rings is 1. The molecule has 1 aliphatic heterocycles.